The fraction of sp³-hybridized carbons (Fsp3) is 0.370. The number of rotatable bonds is 8. The van der Waals surface area contributed by atoms with E-state index in [1.807, 2.05) is 22.9 Å². The van der Waals surface area contributed by atoms with Gasteiger partial charge in [-0.15, -0.1) is 0 Å². The molecule has 0 amide bonds. The smallest absolute Gasteiger partial charge is 0.233 e. The van der Waals surface area contributed by atoms with E-state index in [0.717, 1.165) is 54.5 Å². The van der Waals surface area contributed by atoms with Crippen LogP contribution in [-0.2, 0) is 16.6 Å². The summed E-state index contributed by atoms with van der Waals surface area (Å²) in [6.07, 6.45) is 9.22. The molecule has 11 heteroatoms. The van der Waals surface area contributed by atoms with Gasteiger partial charge in [0.25, 0.3) is 0 Å². The molecule has 1 saturated heterocycles. The second kappa shape index (κ2) is 9.88. The van der Waals surface area contributed by atoms with Crippen LogP contribution in [0.15, 0.2) is 61.1 Å². The van der Waals surface area contributed by atoms with E-state index in [0.29, 0.717) is 18.3 Å². The van der Waals surface area contributed by atoms with Crippen molar-refractivity contribution in [3.05, 3.63) is 66.6 Å². The van der Waals surface area contributed by atoms with Crippen molar-refractivity contribution >= 4 is 44.2 Å². The van der Waals surface area contributed by atoms with Crippen LogP contribution in [0.3, 0.4) is 0 Å². The zero-order valence-corrected chi connectivity index (χ0v) is 22.5. The lowest BCUT2D eigenvalue weighted by molar-refractivity contribution is 0.248. The largest absolute Gasteiger partial charge is 0.369 e. The Balaban J connectivity index is 1.17. The minimum absolute atomic E-state index is 0.401. The molecule has 10 nitrogen and oxygen atoms in total. The number of pyridine rings is 1. The first-order chi connectivity index (χ1) is 18.3. The highest BCUT2D eigenvalue weighted by Gasteiger charge is 2.31. The third kappa shape index (κ3) is 5.16. The first-order valence-electron chi connectivity index (χ1n) is 12.9. The number of anilines is 4. The van der Waals surface area contributed by atoms with E-state index in [2.05, 4.69) is 49.4 Å². The van der Waals surface area contributed by atoms with Gasteiger partial charge in [-0.25, -0.2) is 18.4 Å². The van der Waals surface area contributed by atoms with Crippen molar-refractivity contribution in [1.82, 2.24) is 24.4 Å². The minimum Gasteiger partial charge on any atom is -0.369 e. The Morgan fingerprint density at radius 1 is 1.03 bits per heavy atom. The van der Waals surface area contributed by atoms with Gasteiger partial charge in [0.1, 0.15) is 11.5 Å². The number of piperazine rings is 1. The normalized spacial score (nSPS) is 16.6. The molecule has 198 valence electrons. The molecule has 1 N–H and O–H groups in total. The summed E-state index contributed by atoms with van der Waals surface area (Å²) in [4.78, 5) is 18.6. The van der Waals surface area contributed by atoms with E-state index in [1.54, 1.807) is 18.5 Å². The van der Waals surface area contributed by atoms with Crippen molar-refractivity contribution in [1.29, 1.82) is 0 Å². The van der Waals surface area contributed by atoms with Crippen molar-refractivity contribution in [3.8, 4) is 0 Å². The Hall–Kier alpha value is -3.70. The van der Waals surface area contributed by atoms with Gasteiger partial charge < -0.3 is 14.8 Å². The van der Waals surface area contributed by atoms with E-state index in [4.69, 9.17) is 4.98 Å². The highest BCUT2D eigenvalue weighted by Crippen LogP contribution is 2.29. The molecule has 4 aromatic rings. The van der Waals surface area contributed by atoms with E-state index in [1.165, 1.54) is 36.1 Å². The van der Waals surface area contributed by atoms with Crippen LogP contribution in [0.25, 0.3) is 11.0 Å². The van der Waals surface area contributed by atoms with Crippen LogP contribution in [0.5, 0.6) is 0 Å². The van der Waals surface area contributed by atoms with Gasteiger partial charge in [-0.1, -0.05) is 6.07 Å². The van der Waals surface area contributed by atoms with Crippen molar-refractivity contribution in [2.75, 3.05) is 54.0 Å². The van der Waals surface area contributed by atoms with Crippen LogP contribution in [0.1, 0.15) is 18.4 Å². The molecular formula is C27H32N8O2S. The third-order valence-electron chi connectivity index (χ3n) is 7.37. The molecule has 2 fully saturated rings. The fourth-order valence-corrected chi connectivity index (χ4v) is 5.48. The Labute approximate surface area is 223 Å². The zero-order valence-electron chi connectivity index (χ0n) is 21.7. The number of nitrogens with zero attached hydrogens (tertiary/aromatic N) is 7. The lowest BCUT2D eigenvalue weighted by Crippen LogP contribution is -2.47. The summed E-state index contributed by atoms with van der Waals surface area (Å²) in [5.74, 6) is 0.904. The number of hydrogen-bond donors (Lipinski definition) is 1. The first kappa shape index (κ1) is 24.6. The lowest BCUT2D eigenvalue weighted by atomic mass is 10.2. The SMILES string of the molecule is CN(c1ncccc1Cn1ccc2cnc(Nc3ccc(N4CCN(C5CC5)CC4)cc3)nc21)S(C)(=O)=O. The van der Waals surface area contributed by atoms with E-state index in [-0.39, 0.29) is 0 Å². The summed E-state index contributed by atoms with van der Waals surface area (Å²) >= 11 is 0. The maximum Gasteiger partial charge on any atom is 0.233 e. The number of hydrogen-bond acceptors (Lipinski definition) is 8. The number of fused-ring (bicyclic) bond motifs is 1. The van der Waals surface area contributed by atoms with Gasteiger partial charge in [-0.2, -0.15) is 4.98 Å². The topological polar surface area (TPSA) is 99.5 Å². The molecule has 0 unspecified atom stereocenters. The molecule has 6 rings (SSSR count). The summed E-state index contributed by atoms with van der Waals surface area (Å²) < 4.78 is 27.4. The van der Waals surface area contributed by atoms with Gasteiger partial charge in [0.05, 0.1) is 12.8 Å². The molecular weight excluding hydrogens is 500 g/mol. The minimum atomic E-state index is -3.43. The summed E-state index contributed by atoms with van der Waals surface area (Å²) in [6, 6.07) is 14.9. The molecule has 1 aliphatic heterocycles. The summed E-state index contributed by atoms with van der Waals surface area (Å²) in [7, 11) is -1.92. The van der Waals surface area contributed by atoms with Gasteiger partial charge in [-0.3, -0.25) is 9.21 Å². The van der Waals surface area contributed by atoms with Gasteiger partial charge in [0.15, 0.2) is 0 Å². The van der Waals surface area contributed by atoms with Crippen molar-refractivity contribution < 1.29 is 8.42 Å². The van der Waals surface area contributed by atoms with Crippen LogP contribution in [0.4, 0.5) is 23.1 Å². The summed E-state index contributed by atoms with van der Waals surface area (Å²) in [5, 5.41) is 4.23. The monoisotopic (exact) mass is 532 g/mol. The van der Waals surface area contributed by atoms with Gasteiger partial charge >= 0.3 is 0 Å². The zero-order chi connectivity index (χ0) is 26.3. The number of nitrogens with one attached hydrogen (secondary N) is 1. The number of sulfonamides is 1. The standard InChI is InChI=1S/C27H32N8O2S/c1-32(38(2,36)37)25-21(4-3-12-28-25)19-35-13-11-20-18-29-27(31-26(20)35)30-22-5-7-23(8-6-22)33-14-16-34(17-15-33)24-9-10-24/h3-8,11-13,18,24H,9-10,14-17,19H2,1-2H3,(H,29,30,31). The van der Waals surface area contributed by atoms with E-state index < -0.39 is 10.0 Å². The molecule has 2 aliphatic rings. The average Bonchev–Trinajstić information content (AvgIpc) is 3.70. The maximum absolute atomic E-state index is 12.1. The predicted octanol–water partition coefficient (Wildman–Crippen LogP) is 3.30. The second-order valence-electron chi connectivity index (χ2n) is 10.1. The Kier molecular flexibility index (Phi) is 6.40. The second-order valence-corrected chi connectivity index (χ2v) is 12.1. The molecule has 1 aromatic carbocycles. The molecule has 0 spiro atoms. The Morgan fingerprint density at radius 2 is 1.79 bits per heavy atom. The molecule has 4 heterocycles. The quantitative estimate of drug-likeness (QED) is 0.369. The highest BCUT2D eigenvalue weighted by atomic mass is 32.2. The van der Waals surface area contributed by atoms with Crippen molar-refractivity contribution in [2.24, 2.45) is 0 Å². The highest BCUT2D eigenvalue weighted by molar-refractivity contribution is 7.92. The molecule has 1 saturated carbocycles. The van der Waals surface area contributed by atoms with E-state index >= 15 is 0 Å². The molecule has 38 heavy (non-hydrogen) atoms. The molecule has 1 aliphatic carbocycles. The Bertz CT molecular complexity index is 1540. The summed E-state index contributed by atoms with van der Waals surface area (Å²) in [5.41, 5.74) is 3.69. The molecule has 0 bridgehead atoms. The number of aromatic nitrogens is 4. The van der Waals surface area contributed by atoms with Crippen LogP contribution >= 0.6 is 0 Å². The number of benzene rings is 1. The molecule has 3 aromatic heterocycles. The Morgan fingerprint density at radius 3 is 2.50 bits per heavy atom. The molecule has 0 radical (unpaired) electrons. The molecule has 0 atom stereocenters. The van der Waals surface area contributed by atoms with Crippen LogP contribution < -0.4 is 14.5 Å². The van der Waals surface area contributed by atoms with Crippen LogP contribution in [-0.4, -0.2) is 78.4 Å². The average molecular weight is 533 g/mol. The van der Waals surface area contributed by atoms with Gasteiger partial charge in [0.2, 0.25) is 16.0 Å². The van der Waals surface area contributed by atoms with Crippen molar-refractivity contribution in [3.63, 3.8) is 0 Å². The van der Waals surface area contributed by atoms with Crippen LogP contribution in [0.2, 0.25) is 0 Å². The summed E-state index contributed by atoms with van der Waals surface area (Å²) in [6.45, 7) is 4.84. The van der Waals surface area contributed by atoms with Gasteiger partial charge in [-0.05, 0) is 49.2 Å². The van der Waals surface area contributed by atoms with E-state index in [9.17, 15) is 8.42 Å². The van der Waals surface area contributed by atoms with Gasteiger partial charge in [0, 0.05) is 80.2 Å². The first-order valence-corrected chi connectivity index (χ1v) is 14.8. The fourth-order valence-electron chi connectivity index (χ4n) is 5.01. The third-order valence-corrected chi connectivity index (χ3v) is 8.54. The van der Waals surface area contributed by atoms with Crippen molar-refractivity contribution in [2.45, 2.75) is 25.4 Å². The van der Waals surface area contributed by atoms with Crippen LogP contribution in [0, 0.1) is 0 Å². The lowest BCUT2D eigenvalue weighted by Gasteiger charge is -2.36. The predicted molar refractivity (Wildman–Crippen MR) is 151 cm³/mol. The maximum atomic E-state index is 12.1.